The van der Waals surface area contributed by atoms with Gasteiger partial charge in [-0.2, -0.15) is 0 Å². The van der Waals surface area contributed by atoms with Gasteiger partial charge in [-0.1, -0.05) is 36.4 Å². The largest absolute Gasteiger partial charge is 0.329 e. The number of nitrogens with one attached hydrogen (secondary N) is 2. The van der Waals surface area contributed by atoms with Crippen molar-refractivity contribution in [2.45, 2.75) is 13.8 Å². The lowest BCUT2D eigenvalue weighted by Gasteiger charge is -2.12. The van der Waals surface area contributed by atoms with Gasteiger partial charge in [-0.15, -0.1) is 0 Å². The van der Waals surface area contributed by atoms with E-state index in [0.29, 0.717) is 5.69 Å². The van der Waals surface area contributed by atoms with Crippen molar-refractivity contribution >= 4 is 29.6 Å². The number of carbonyl (C=O) groups excluding carboxylic acids is 3. The molecule has 132 valence electrons. The molecule has 1 aliphatic rings. The molecule has 1 aliphatic heterocycles. The van der Waals surface area contributed by atoms with Crippen molar-refractivity contribution in [3.05, 3.63) is 70.9 Å². The summed E-state index contributed by atoms with van der Waals surface area (Å²) in [6.07, 6.45) is 1.62. The highest BCUT2D eigenvalue weighted by Gasteiger charge is 2.34. The van der Waals surface area contributed by atoms with Crippen molar-refractivity contribution in [1.82, 2.24) is 10.2 Å². The van der Waals surface area contributed by atoms with Crippen LogP contribution < -0.4 is 10.6 Å². The molecule has 6 nitrogen and oxygen atoms in total. The Morgan fingerprint density at radius 2 is 1.88 bits per heavy atom. The van der Waals surface area contributed by atoms with Crippen LogP contribution >= 0.6 is 0 Å². The van der Waals surface area contributed by atoms with E-state index in [9.17, 15) is 14.4 Å². The maximum Gasteiger partial charge on any atom is 0.329 e. The van der Waals surface area contributed by atoms with E-state index in [0.717, 1.165) is 21.6 Å². The second-order valence-corrected chi connectivity index (χ2v) is 6.15. The normalized spacial score (nSPS) is 15.3. The molecule has 0 unspecified atom stereocenters. The summed E-state index contributed by atoms with van der Waals surface area (Å²) in [7, 11) is 0. The van der Waals surface area contributed by atoms with Crippen LogP contribution in [0.25, 0.3) is 6.08 Å². The van der Waals surface area contributed by atoms with Crippen molar-refractivity contribution in [1.29, 1.82) is 0 Å². The van der Waals surface area contributed by atoms with E-state index >= 15 is 0 Å². The van der Waals surface area contributed by atoms with Crippen LogP contribution in [0.15, 0.2) is 54.2 Å². The summed E-state index contributed by atoms with van der Waals surface area (Å²) in [6, 6.07) is 14.2. The fraction of sp³-hybridized carbons (Fsp3) is 0.150. The summed E-state index contributed by atoms with van der Waals surface area (Å²) in [5.41, 5.74) is 3.60. The maximum absolute atomic E-state index is 12.5. The van der Waals surface area contributed by atoms with E-state index in [-0.39, 0.29) is 12.2 Å². The van der Waals surface area contributed by atoms with Crippen LogP contribution in [-0.4, -0.2) is 29.3 Å². The SMILES string of the molecule is Cc1cccc(NC(=O)CN2C(=O)N/C(=C\c3ccccc3C)C2=O)c1. The number of aryl methyl sites for hydroxylation is 2. The van der Waals surface area contributed by atoms with Crippen molar-refractivity contribution in [2.24, 2.45) is 0 Å². The molecule has 1 heterocycles. The van der Waals surface area contributed by atoms with Crippen LogP contribution in [0.1, 0.15) is 16.7 Å². The molecule has 6 heteroatoms. The molecule has 1 saturated heterocycles. The van der Waals surface area contributed by atoms with Gasteiger partial charge in [0.15, 0.2) is 0 Å². The highest BCUT2D eigenvalue weighted by molar-refractivity contribution is 6.16. The first-order chi connectivity index (χ1) is 12.4. The Morgan fingerprint density at radius 1 is 1.12 bits per heavy atom. The molecule has 2 aromatic rings. The molecule has 0 atom stereocenters. The maximum atomic E-state index is 12.5. The molecular weight excluding hydrogens is 330 g/mol. The third-order valence-corrected chi connectivity index (χ3v) is 4.05. The number of carbonyl (C=O) groups is 3. The second-order valence-electron chi connectivity index (χ2n) is 6.15. The zero-order chi connectivity index (χ0) is 18.7. The molecule has 0 aliphatic carbocycles. The molecule has 0 spiro atoms. The van der Waals surface area contributed by atoms with Gasteiger partial charge in [-0.3, -0.25) is 9.59 Å². The zero-order valence-electron chi connectivity index (χ0n) is 14.6. The van der Waals surface area contributed by atoms with Gasteiger partial charge in [0.2, 0.25) is 5.91 Å². The molecule has 26 heavy (non-hydrogen) atoms. The lowest BCUT2D eigenvalue weighted by molar-refractivity contribution is -0.127. The Balaban J connectivity index is 1.71. The van der Waals surface area contributed by atoms with E-state index in [2.05, 4.69) is 10.6 Å². The highest BCUT2D eigenvalue weighted by Crippen LogP contribution is 2.17. The Morgan fingerprint density at radius 3 is 2.62 bits per heavy atom. The van der Waals surface area contributed by atoms with Crippen LogP contribution in [0.5, 0.6) is 0 Å². The predicted octanol–water partition coefficient (Wildman–Crippen LogP) is 2.83. The number of imide groups is 1. The topological polar surface area (TPSA) is 78.5 Å². The van der Waals surface area contributed by atoms with Crippen LogP contribution in [-0.2, 0) is 9.59 Å². The average molecular weight is 349 g/mol. The Labute approximate surface area is 151 Å². The van der Waals surface area contributed by atoms with Crippen molar-refractivity contribution < 1.29 is 14.4 Å². The Hall–Kier alpha value is -3.41. The van der Waals surface area contributed by atoms with E-state index in [1.54, 1.807) is 12.1 Å². The third-order valence-electron chi connectivity index (χ3n) is 4.05. The summed E-state index contributed by atoms with van der Waals surface area (Å²) in [5.74, 6) is -0.950. The van der Waals surface area contributed by atoms with E-state index in [1.165, 1.54) is 0 Å². The molecule has 0 bridgehead atoms. The lowest BCUT2D eigenvalue weighted by Crippen LogP contribution is -2.38. The standard InChI is InChI=1S/C20H19N3O3/c1-13-6-5-9-16(10-13)21-18(24)12-23-19(25)17(22-20(23)26)11-15-8-4-3-7-14(15)2/h3-11H,12H2,1-2H3,(H,21,24)(H,22,26)/b17-11-. The highest BCUT2D eigenvalue weighted by atomic mass is 16.2. The Bertz CT molecular complexity index is 918. The number of hydrogen-bond acceptors (Lipinski definition) is 3. The zero-order valence-corrected chi connectivity index (χ0v) is 14.6. The van der Waals surface area contributed by atoms with E-state index in [1.807, 2.05) is 56.3 Å². The summed E-state index contributed by atoms with van der Waals surface area (Å²) in [6.45, 7) is 3.49. The first-order valence-corrected chi connectivity index (χ1v) is 8.21. The van der Waals surface area contributed by atoms with Gasteiger partial charge in [0.25, 0.3) is 5.91 Å². The molecule has 2 aromatic carbocycles. The third kappa shape index (κ3) is 3.80. The second kappa shape index (κ2) is 7.23. The lowest BCUT2D eigenvalue weighted by atomic mass is 10.1. The average Bonchev–Trinajstić information content (AvgIpc) is 2.84. The molecule has 0 saturated carbocycles. The smallest absolute Gasteiger partial charge is 0.325 e. The first kappa shape index (κ1) is 17.4. The number of amides is 4. The minimum absolute atomic E-state index is 0.160. The van der Waals surface area contributed by atoms with Crippen LogP contribution in [0.2, 0.25) is 0 Å². The van der Waals surface area contributed by atoms with Gasteiger partial charge in [0.05, 0.1) is 0 Å². The van der Waals surface area contributed by atoms with Gasteiger partial charge in [0, 0.05) is 5.69 Å². The van der Waals surface area contributed by atoms with Gasteiger partial charge < -0.3 is 10.6 Å². The number of hydrogen-bond donors (Lipinski definition) is 2. The number of urea groups is 1. The minimum Gasteiger partial charge on any atom is -0.325 e. The van der Waals surface area contributed by atoms with Gasteiger partial charge >= 0.3 is 6.03 Å². The molecular formula is C20H19N3O3. The quantitative estimate of drug-likeness (QED) is 0.658. The summed E-state index contributed by atoms with van der Waals surface area (Å²) < 4.78 is 0. The number of benzene rings is 2. The van der Waals surface area contributed by atoms with Crippen LogP contribution in [0.3, 0.4) is 0 Å². The molecule has 2 N–H and O–H groups in total. The number of rotatable bonds is 4. The molecule has 1 fully saturated rings. The fourth-order valence-electron chi connectivity index (χ4n) is 2.69. The minimum atomic E-state index is -0.603. The summed E-state index contributed by atoms with van der Waals surface area (Å²) in [4.78, 5) is 37.6. The molecule has 0 radical (unpaired) electrons. The van der Waals surface area contributed by atoms with Crippen LogP contribution in [0, 0.1) is 13.8 Å². The van der Waals surface area contributed by atoms with Gasteiger partial charge in [0.1, 0.15) is 12.2 Å². The van der Waals surface area contributed by atoms with Crippen molar-refractivity contribution in [3.8, 4) is 0 Å². The predicted molar refractivity (Wildman–Crippen MR) is 99.2 cm³/mol. The molecule has 0 aromatic heterocycles. The fourth-order valence-corrected chi connectivity index (χ4v) is 2.69. The van der Waals surface area contributed by atoms with Crippen molar-refractivity contribution in [3.63, 3.8) is 0 Å². The number of anilines is 1. The first-order valence-electron chi connectivity index (χ1n) is 8.21. The number of nitrogens with zero attached hydrogens (tertiary/aromatic N) is 1. The Kier molecular flexibility index (Phi) is 4.84. The molecule has 3 rings (SSSR count). The van der Waals surface area contributed by atoms with Gasteiger partial charge in [-0.05, 0) is 48.7 Å². The van der Waals surface area contributed by atoms with Crippen molar-refractivity contribution in [2.75, 3.05) is 11.9 Å². The van der Waals surface area contributed by atoms with Gasteiger partial charge in [-0.25, -0.2) is 9.69 Å². The van der Waals surface area contributed by atoms with Crippen LogP contribution in [0.4, 0.5) is 10.5 Å². The van der Waals surface area contributed by atoms with E-state index < -0.39 is 17.8 Å². The summed E-state index contributed by atoms with van der Waals surface area (Å²) >= 11 is 0. The summed E-state index contributed by atoms with van der Waals surface area (Å²) in [5, 5.41) is 5.22. The van der Waals surface area contributed by atoms with E-state index in [4.69, 9.17) is 0 Å². The molecule has 4 amide bonds. The monoisotopic (exact) mass is 349 g/mol.